The number of nitrogens with one attached hydrogen (secondary N) is 1. The van der Waals surface area contributed by atoms with Crippen molar-refractivity contribution < 1.29 is 9.90 Å². The topological polar surface area (TPSA) is 101 Å². The number of nitrogens with two attached hydrogens (primary N) is 2. The Morgan fingerprint density at radius 1 is 1.38 bits per heavy atom. The lowest BCUT2D eigenvalue weighted by Gasteiger charge is -2.14. The van der Waals surface area contributed by atoms with E-state index in [2.05, 4.69) is 5.32 Å². The van der Waals surface area contributed by atoms with E-state index in [1.165, 1.54) is 0 Å². The molecule has 0 aliphatic carbocycles. The molecule has 0 radical (unpaired) electrons. The fourth-order valence-electron chi connectivity index (χ4n) is 1.35. The van der Waals surface area contributed by atoms with E-state index in [0.29, 0.717) is 23.4 Å². The number of aliphatic hydroxyl groups is 1. The Kier molecular flexibility index (Phi) is 4.13. The van der Waals surface area contributed by atoms with Crippen molar-refractivity contribution in [3.8, 4) is 0 Å². The average molecular weight is 223 g/mol. The first-order valence-electron chi connectivity index (χ1n) is 5.14. The molecule has 0 spiro atoms. The molecule has 5 nitrogen and oxygen atoms in total. The van der Waals surface area contributed by atoms with E-state index in [1.54, 1.807) is 18.2 Å². The van der Waals surface area contributed by atoms with Gasteiger partial charge in [-0.05, 0) is 24.6 Å². The van der Waals surface area contributed by atoms with Crippen LogP contribution in [0, 0.1) is 0 Å². The minimum Gasteiger partial charge on any atom is -0.399 e. The molecule has 0 aliphatic heterocycles. The van der Waals surface area contributed by atoms with E-state index in [9.17, 15) is 4.79 Å². The number of nitrogen functional groups attached to an aromatic ring is 2. The van der Waals surface area contributed by atoms with Gasteiger partial charge >= 0.3 is 0 Å². The van der Waals surface area contributed by atoms with E-state index in [4.69, 9.17) is 16.6 Å². The normalized spacial score (nSPS) is 12.1. The van der Waals surface area contributed by atoms with Crippen LogP contribution in [0.15, 0.2) is 18.2 Å². The number of carbonyl (C=O) groups excluding carboxylic acids is 1. The summed E-state index contributed by atoms with van der Waals surface area (Å²) < 4.78 is 0. The van der Waals surface area contributed by atoms with Crippen LogP contribution in [-0.4, -0.2) is 23.7 Å². The molecule has 88 valence electrons. The predicted octanol–water partition coefficient (Wildman–Crippen LogP) is 0.352. The van der Waals surface area contributed by atoms with Gasteiger partial charge in [-0.25, -0.2) is 0 Å². The van der Waals surface area contributed by atoms with Crippen molar-refractivity contribution in [2.45, 2.75) is 19.4 Å². The highest BCUT2D eigenvalue weighted by Crippen LogP contribution is 2.13. The molecule has 6 N–H and O–H groups in total. The zero-order valence-electron chi connectivity index (χ0n) is 9.23. The van der Waals surface area contributed by atoms with Gasteiger partial charge in [-0.1, -0.05) is 6.92 Å². The molecule has 0 heterocycles. The van der Waals surface area contributed by atoms with Crippen molar-refractivity contribution in [1.82, 2.24) is 5.32 Å². The van der Waals surface area contributed by atoms with Crippen LogP contribution in [0.25, 0.3) is 0 Å². The molecule has 0 saturated heterocycles. The Morgan fingerprint density at radius 2 is 1.94 bits per heavy atom. The smallest absolute Gasteiger partial charge is 0.251 e. The maximum Gasteiger partial charge on any atom is 0.251 e. The van der Waals surface area contributed by atoms with Crippen LogP contribution in [0.2, 0.25) is 0 Å². The van der Waals surface area contributed by atoms with Crippen molar-refractivity contribution >= 4 is 17.3 Å². The Hall–Kier alpha value is -1.75. The van der Waals surface area contributed by atoms with Gasteiger partial charge in [0.05, 0.1) is 12.6 Å². The third kappa shape index (κ3) is 3.13. The number of benzene rings is 1. The number of anilines is 2. The molecule has 0 bridgehead atoms. The van der Waals surface area contributed by atoms with Gasteiger partial charge in [-0.15, -0.1) is 0 Å². The Labute approximate surface area is 94.4 Å². The number of hydrogen-bond acceptors (Lipinski definition) is 4. The molecule has 1 rings (SSSR count). The van der Waals surface area contributed by atoms with Crippen molar-refractivity contribution in [1.29, 1.82) is 0 Å². The largest absolute Gasteiger partial charge is 0.399 e. The number of hydrogen-bond donors (Lipinski definition) is 4. The van der Waals surface area contributed by atoms with Crippen molar-refractivity contribution in [3.63, 3.8) is 0 Å². The first kappa shape index (κ1) is 12.3. The molecule has 16 heavy (non-hydrogen) atoms. The molecule has 1 aromatic carbocycles. The van der Waals surface area contributed by atoms with E-state index in [-0.39, 0.29) is 18.6 Å². The highest BCUT2D eigenvalue weighted by molar-refractivity contribution is 5.96. The van der Waals surface area contributed by atoms with Gasteiger partial charge < -0.3 is 21.9 Å². The maximum absolute atomic E-state index is 11.7. The second-order valence-corrected chi connectivity index (χ2v) is 3.65. The third-order valence-electron chi connectivity index (χ3n) is 2.29. The molecule has 5 heteroatoms. The summed E-state index contributed by atoms with van der Waals surface area (Å²) in [5, 5.41) is 11.7. The quantitative estimate of drug-likeness (QED) is 0.553. The van der Waals surface area contributed by atoms with Crippen molar-refractivity contribution in [3.05, 3.63) is 23.8 Å². The molecule has 0 saturated carbocycles. The first-order chi connectivity index (χ1) is 7.56. The van der Waals surface area contributed by atoms with Gasteiger partial charge in [0.15, 0.2) is 0 Å². The van der Waals surface area contributed by atoms with Crippen LogP contribution in [-0.2, 0) is 0 Å². The average Bonchev–Trinajstić information content (AvgIpc) is 2.24. The summed E-state index contributed by atoms with van der Waals surface area (Å²) in [6, 6.07) is 4.45. The zero-order chi connectivity index (χ0) is 12.1. The van der Waals surface area contributed by atoms with Crippen molar-refractivity contribution in [2.24, 2.45) is 0 Å². The summed E-state index contributed by atoms with van der Waals surface area (Å²) in [7, 11) is 0. The second-order valence-electron chi connectivity index (χ2n) is 3.65. The van der Waals surface area contributed by atoms with E-state index in [1.807, 2.05) is 6.92 Å². The molecular formula is C11H17N3O2. The molecule has 1 amide bonds. The molecule has 0 fully saturated rings. The Bertz CT molecular complexity index is 355. The van der Waals surface area contributed by atoms with Gasteiger partial charge in [0.1, 0.15) is 0 Å². The van der Waals surface area contributed by atoms with Gasteiger partial charge in [-0.3, -0.25) is 4.79 Å². The molecule has 1 aromatic rings. The van der Waals surface area contributed by atoms with Gasteiger partial charge in [0.2, 0.25) is 0 Å². The lowest BCUT2D eigenvalue weighted by Crippen LogP contribution is -2.36. The predicted molar refractivity (Wildman–Crippen MR) is 63.9 cm³/mol. The Morgan fingerprint density at radius 3 is 2.38 bits per heavy atom. The lowest BCUT2D eigenvalue weighted by atomic mass is 10.1. The van der Waals surface area contributed by atoms with E-state index >= 15 is 0 Å². The third-order valence-corrected chi connectivity index (χ3v) is 2.29. The number of aliphatic hydroxyl groups excluding tert-OH is 1. The van der Waals surface area contributed by atoms with Gasteiger partial charge in [0, 0.05) is 16.9 Å². The number of rotatable bonds is 4. The maximum atomic E-state index is 11.7. The monoisotopic (exact) mass is 223 g/mol. The summed E-state index contributed by atoms with van der Waals surface area (Å²) in [5.74, 6) is -0.278. The van der Waals surface area contributed by atoms with Crippen LogP contribution in [0.5, 0.6) is 0 Å². The summed E-state index contributed by atoms with van der Waals surface area (Å²) in [6.07, 6.45) is 0.667. The summed E-state index contributed by atoms with van der Waals surface area (Å²) in [4.78, 5) is 11.7. The number of carbonyl (C=O) groups is 1. The highest BCUT2D eigenvalue weighted by atomic mass is 16.3. The molecule has 1 atom stereocenters. The zero-order valence-corrected chi connectivity index (χ0v) is 9.23. The SMILES string of the molecule is CC[C@H](CO)NC(=O)c1cc(N)cc(N)c1. The first-order valence-corrected chi connectivity index (χ1v) is 5.14. The van der Waals surface area contributed by atoms with Crippen molar-refractivity contribution in [2.75, 3.05) is 18.1 Å². The Balaban J connectivity index is 2.80. The molecule has 0 unspecified atom stereocenters. The molecular weight excluding hydrogens is 206 g/mol. The number of amides is 1. The molecule has 0 aliphatic rings. The van der Waals surface area contributed by atoms with Crippen LogP contribution >= 0.6 is 0 Å². The van der Waals surface area contributed by atoms with Gasteiger partial charge in [-0.2, -0.15) is 0 Å². The van der Waals surface area contributed by atoms with E-state index in [0.717, 1.165) is 0 Å². The second kappa shape index (κ2) is 5.37. The molecule has 0 aromatic heterocycles. The van der Waals surface area contributed by atoms with Crippen LogP contribution in [0.4, 0.5) is 11.4 Å². The summed E-state index contributed by atoms with van der Waals surface area (Å²) in [6.45, 7) is 1.80. The summed E-state index contributed by atoms with van der Waals surface area (Å²) in [5.41, 5.74) is 12.5. The van der Waals surface area contributed by atoms with Crippen LogP contribution in [0.1, 0.15) is 23.7 Å². The fraction of sp³-hybridized carbons (Fsp3) is 0.364. The minimum atomic E-state index is -0.278. The van der Waals surface area contributed by atoms with Crippen LogP contribution in [0.3, 0.4) is 0 Å². The lowest BCUT2D eigenvalue weighted by molar-refractivity contribution is 0.0915. The van der Waals surface area contributed by atoms with E-state index < -0.39 is 0 Å². The minimum absolute atomic E-state index is 0.0833. The fourth-order valence-corrected chi connectivity index (χ4v) is 1.35. The van der Waals surface area contributed by atoms with Gasteiger partial charge in [0.25, 0.3) is 5.91 Å². The highest BCUT2D eigenvalue weighted by Gasteiger charge is 2.11. The standard InChI is InChI=1S/C11H17N3O2/c1-2-10(6-15)14-11(16)7-3-8(12)5-9(13)4-7/h3-5,10,15H,2,6,12-13H2,1H3,(H,14,16)/t10-/m1/s1. The summed E-state index contributed by atoms with van der Waals surface area (Å²) >= 11 is 0. The van der Waals surface area contributed by atoms with Crippen LogP contribution < -0.4 is 16.8 Å².